The lowest BCUT2D eigenvalue weighted by Gasteiger charge is -2.21. The number of carbonyl (C=O) groups excluding carboxylic acids is 4. The summed E-state index contributed by atoms with van der Waals surface area (Å²) in [5.41, 5.74) is 0. The molecule has 0 aromatic carbocycles. The number of esters is 4. The second-order valence-corrected chi connectivity index (χ2v) is 29.5. The molecule has 0 amide bonds. The quantitative estimate of drug-likeness (QED) is 0.0222. The van der Waals surface area contributed by atoms with E-state index in [9.17, 15) is 43.2 Å². The maximum atomic E-state index is 13.1. The zero-order valence-electron chi connectivity index (χ0n) is 59.7. The number of unbranched alkanes of at least 4 members (excludes halogenated alkanes) is 44. The second kappa shape index (κ2) is 66.3. The van der Waals surface area contributed by atoms with Crippen LogP contribution in [-0.2, 0) is 65.4 Å². The SMILES string of the molecule is CCCCCCCCCCCCCCCCCCCCCC(=O)O[C@H](COC(=O)CCCCCCCCCCCCCCC)COP(=O)(O)OC[C@@H](O)COP(=O)(O)OC[C@@H](COC(=O)CCCCCCCCCC)OC(=O)CCCCCCCCCCC(C)CC. The molecule has 0 saturated heterocycles. The van der Waals surface area contributed by atoms with E-state index in [4.69, 9.17) is 37.0 Å². The Morgan fingerprint density at radius 3 is 0.772 bits per heavy atom. The number of ether oxygens (including phenoxy) is 4. The predicted molar refractivity (Wildman–Crippen MR) is 372 cm³/mol. The summed E-state index contributed by atoms with van der Waals surface area (Å²) >= 11 is 0. The van der Waals surface area contributed by atoms with Gasteiger partial charge in [-0.25, -0.2) is 9.13 Å². The number of rotatable bonds is 73. The molecular formula is C73H142O17P2. The van der Waals surface area contributed by atoms with Gasteiger partial charge in [-0.3, -0.25) is 37.3 Å². The van der Waals surface area contributed by atoms with Crippen LogP contribution in [-0.4, -0.2) is 96.7 Å². The average molecular weight is 1350 g/mol. The Hall–Kier alpha value is -1.94. The lowest BCUT2D eigenvalue weighted by atomic mass is 9.99. The maximum absolute atomic E-state index is 13.1. The third kappa shape index (κ3) is 65.4. The normalized spacial score (nSPS) is 14.3. The van der Waals surface area contributed by atoms with E-state index < -0.39 is 97.5 Å². The van der Waals surface area contributed by atoms with Crippen molar-refractivity contribution in [2.24, 2.45) is 5.92 Å². The Morgan fingerprint density at radius 1 is 0.304 bits per heavy atom. The van der Waals surface area contributed by atoms with Crippen molar-refractivity contribution in [1.29, 1.82) is 0 Å². The van der Waals surface area contributed by atoms with Gasteiger partial charge in [0.05, 0.1) is 26.4 Å². The zero-order valence-corrected chi connectivity index (χ0v) is 61.5. The summed E-state index contributed by atoms with van der Waals surface area (Å²) in [4.78, 5) is 72.6. The van der Waals surface area contributed by atoms with Gasteiger partial charge in [0.25, 0.3) is 0 Å². The summed E-state index contributed by atoms with van der Waals surface area (Å²) in [6, 6.07) is 0. The average Bonchev–Trinajstić information content (AvgIpc) is 3.03. The first-order chi connectivity index (χ1) is 44.6. The summed E-state index contributed by atoms with van der Waals surface area (Å²) in [6.07, 6.45) is 54.1. The first kappa shape index (κ1) is 90.1. The Balaban J connectivity index is 5.20. The fraction of sp³-hybridized carbons (Fsp3) is 0.945. The van der Waals surface area contributed by atoms with E-state index in [1.807, 2.05) is 0 Å². The molecule has 0 aliphatic heterocycles. The van der Waals surface area contributed by atoms with Gasteiger partial charge < -0.3 is 33.8 Å². The lowest BCUT2D eigenvalue weighted by molar-refractivity contribution is -0.161. The van der Waals surface area contributed by atoms with Crippen molar-refractivity contribution in [1.82, 2.24) is 0 Å². The van der Waals surface area contributed by atoms with E-state index in [0.717, 1.165) is 102 Å². The summed E-state index contributed by atoms with van der Waals surface area (Å²) in [7, 11) is -9.90. The molecule has 6 atom stereocenters. The van der Waals surface area contributed by atoms with E-state index in [1.54, 1.807) is 0 Å². The molecule has 546 valence electrons. The lowest BCUT2D eigenvalue weighted by Crippen LogP contribution is -2.30. The number of hydrogen-bond acceptors (Lipinski definition) is 15. The molecule has 92 heavy (non-hydrogen) atoms. The molecule has 0 aliphatic rings. The minimum absolute atomic E-state index is 0.105. The molecule has 0 rings (SSSR count). The fourth-order valence-corrected chi connectivity index (χ4v) is 12.7. The van der Waals surface area contributed by atoms with Crippen LogP contribution in [0.5, 0.6) is 0 Å². The van der Waals surface area contributed by atoms with E-state index >= 15 is 0 Å². The molecule has 0 bridgehead atoms. The largest absolute Gasteiger partial charge is 0.472 e. The van der Waals surface area contributed by atoms with E-state index in [0.29, 0.717) is 25.7 Å². The Morgan fingerprint density at radius 2 is 0.522 bits per heavy atom. The van der Waals surface area contributed by atoms with Gasteiger partial charge in [-0.05, 0) is 31.6 Å². The van der Waals surface area contributed by atoms with Crippen LogP contribution in [0.4, 0.5) is 0 Å². The number of carbonyl (C=O) groups is 4. The molecule has 0 aliphatic carbocycles. The molecule has 3 N–H and O–H groups in total. The van der Waals surface area contributed by atoms with Crippen LogP contribution in [0.25, 0.3) is 0 Å². The van der Waals surface area contributed by atoms with Gasteiger partial charge in [0.15, 0.2) is 12.2 Å². The molecule has 0 aromatic heterocycles. The number of hydrogen-bond donors (Lipinski definition) is 3. The first-order valence-corrected chi connectivity index (χ1v) is 41.2. The van der Waals surface area contributed by atoms with Gasteiger partial charge in [-0.2, -0.15) is 0 Å². The molecule has 17 nitrogen and oxygen atoms in total. The summed E-state index contributed by atoms with van der Waals surface area (Å²) < 4.78 is 68.3. The van der Waals surface area contributed by atoms with E-state index in [2.05, 4.69) is 34.6 Å². The number of aliphatic hydroxyl groups is 1. The fourth-order valence-electron chi connectivity index (χ4n) is 11.1. The van der Waals surface area contributed by atoms with Crippen LogP contribution in [0.15, 0.2) is 0 Å². The van der Waals surface area contributed by atoms with Gasteiger partial charge in [0.2, 0.25) is 0 Å². The van der Waals surface area contributed by atoms with Crippen LogP contribution in [0.2, 0.25) is 0 Å². The van der Waals surface area contributed by atoms with Crippen molar-refractivity contribution < 1.29 is 80.2 Å². The molecule has 0 radical (unpaired) electrons. The van der Waals surface area contributed by atoms with Crippen molar-refractivity contribution in [3.05, 3.63) is 0 Å². The molecule has 0 spiro atoms. The highest BCUT2D eigenvalue weighted by Crippen LogP contribution is 2.45. The highest BCUT2D eigenvalue weighted by Gasteiger charge is 2.30. The highest BCUT2D eigenvalue weighted by molar-refractivity contribution is 7.47. The number of aliphatic hydroxyl groups excluding tert-OH is 1. The van der Waals surface area contributed by atoms with Crippen molar-refractivity contribution in [2.45, 2.75) is 400 Å². The zero-order chi connectivity index (χ0) is 67.7. The summed E-state index contributed by atoms with van der Waals surface area (Å²) in [6.45, 7) is 7.24. The van der Waals surface area contributed by atoms with Gasteiger partial charge in [0.1, 0.15) is 19.3 Å². The predicted octanol–water partition coefficient (Wildman–Crippen LogP) is 21.3. The molecule has 0 saturated carbocycles. The molecule has 0 fully saturated rings. The number of phosphoric ester groups is 2. The van der Waals surface area contributed by atoms with Crippen molar-refractivity contribution in [3.8, 4) is 0 Å². The van der Waals surface area contributed by atoms with Crippen LogP contribution >= 0.6 is 15.6 Å². The smallest absolute Gasteiger partial charge is 0.462 e. The van der Waals surface area contributed by atoms with Crippen LogP contribution in [0, 0.1) is 5.92 Å². The number of phosphoric acid groups is 2. The Labute approximate surface area is 562 Å². The second-order valence-electron chi connectivity index (χ2n) is 26.6. The van der Waals surface area contributed by atoms with Crippen molar-refractivity contribution in [2.75, 3.05) is 39.6 Å². The third-order valence-electron chi connectivity index (χ3n) is 17.4. The highest BCUT2D eigenvalue weighted by atomic mass is 31.2. The van der Waals surface area contributed by atoms with Gasteiger partial charge in [0, 0.05) is 25.7 Å². The summed E-state index contributed by atoms with van der Waals surface area (Å²) in [5.74, 6) is -1.35. The standard InChI is InChI=1S/C73H142O17P2/c1-6-10-13-16-19-22-24-26-27-28-29-30-31-33-35-37-43-48-53-58-72(77)89-69(63-84-71(76)57-52-47-42-36-34-32-25-23-20-17-14-11-7-2)65-88-92(81,82)86-61-67(74)60-85-91(79,80)87-64-68(62-83-70(75)56-51-46-41-21-18-15-12-8-3)90-73(78)59-54-49-44-39-38-40-45-50-55-66(5)9-4/h66-69,74H,6-65H2,1-5H3,(H,79,80)(H,81,82)/t66?,67-,68+,69+/m0/s1. The molecule has 0 heterocycles. The van der Waals surface area contributed by atoms with Crippen LogP contribution in [0.3, 0.4) is 0 Å². The van der Waals surface area contributed by atoms with E-state index in [1.165, 1.54) is 199 Å². The maximum Gasteiger partial charge on any atom is 0.472 e. The topological polar surface area (TPSA) is 237 Å². The van der Waals surface area contributed by atoms with Gasteiger partial charge in [-0.15, -0.1) is 0 Å². The first-order valence-electron chi connectivity index (χ1n) is 38.2. The summed E-state index contributed by atoms with van der Waals surface area (Å²) in [5, 5.41) is 10.6. The van der Waals surface area contributed by atoms with Crippen LogP contribution < -0.4 is 0 Å². The van der Waals surface area contributed by atoms with E-state index in [-0.39, 0.29) is 25.7 Å². The third-order valence-corrected chi connectivity index (χ3v) is 19.3. The molecule has 19 heteroatoms. The van der Waals surface area contributed by atoms with Gasteiger partial charge in [-0.1, -0.05) is 330 Å². The molecular weight excluding hydrogens is 1210 g/mol. The minimum Gasteiger partial charge on any atom is -0.462 e. The van der Waals surface area contributed by atoms with Crippen molar-refractivity contribution in [3.63, 3.8) is 0 Å². The Kier molecular flexibility index (Phi) is 64.9. The Bertz CT molecular complexity index is 1770. The molecule has 0 aromatic rings. The van der Waals surface area contributed by atoms with Crippen molar-refractivity contribution >= 4 is 39.5 Å². The van der Waals surface area contributed by atoms with Crippen LogP contribution in [0.1, 0.15) is 381 Å². The monoisotopic (exact) mass is 1350 g/mol. The van der Waals surface area contributed by atoms with Gasteiger partial charge >= 0.3 is 39.5 Å². The molecule has 3 unspecified atom stereocenters. The minimum atomic E-state index is -4.95.